The number of carbonyl (C=O) groups excluding carboxylic acids is 2. The minimum atomic E-state index is -4.50. The maximum atomic E-state index is 12.8. The molecule has 1 heterocycles. The van der Waals surface area contributed by atoms with E-state index in [0.29, 0.717) is 0 Å². The second-order valence-electron chi connectivity index (χ2n) is 5.57. The van der Waals surface area contributed by atoms with Gasteiger partial charge in [-0.25, -0.2) is 4.90 Å². The molecule has 2 N–H and O–H groups in total. The fraction of sp³-hybridized carbons (Fsp3) is 0.176. The molecule has 25 heavy (non-hydrogen) atoms. The second-order valence-corrected chi connectivity index (χ2v) is 5.57. The van der Waals surface area contributed by atoms with Crippen molar-refractivity contribution in [3.8, 4) is 5.75 Å². The molecular formula is C17H13F3N2O3. The fourth-order valence-electron chi connectivity index (χ4n) is 2.63. The van der Waals surface area contributed by atoms with Crippen LogP contribution in [0.3, 0.4) is 0 Å². The van der Waals surface area contributed by atoms with E-state index in [1.54, 1.807) is 0 Å². The number of nitrogens with one attached hydrogen (secondary N) is 1. The third-order valence-corrected chi connectivity index (χ3v) is 3.77. The monoisotopic (exact) mass is 350 g/mol. The van der Waals surface area contributed by atoms with Crippen molar-refractivity contribution in [2.24, 2.45) is 0 Å². The van der Waals surface area contributed by atoms with Gasteiger partial charge in [0.1, 0.15) is 11.8 Å². The van der Waals surface area contributed by atoms with Crippen LogP contribution in [0.1, 0.15) is 12.0 Å². The predicted molar refractivity (Wildman–Crippen MR) is 84.1 cm³/mol. The number of amides is 2. The normalized spacial score (nSPS) is 17.9. The number of carbonyl (C=O) groups is 2. The average molecular weight is 350 g/mol. The minimum absolute atomic E-state index is 0.0960. The number of rotatable bonds is 3. The Morgan fingerprint density at radius 2 is 1.80 bits per heavy atom. The molecule has 2 aromatic carbocycles. The summed E-state index contributed by atoms with van der Waals surface area (Å²) in [6.45, 7) is 0. The summed E-state index contributed by atoms with van der Waals surface area (Å²) in [4.78, 5) is 25.5. The molecule has 0 bridgehead atoms. The SMILES string of the molecule is O=C1CC(Nc2cccc(C(F)(F)F)c2)C(=O)N1c1cccc(O)c1. The molecule has 130 valence electrons. The van der Waals surface area contributed by atoms with Gasteiger partial charge < -0.3 is 10.4 Å². The van der Waals surface area contributed by atoms with Crippen molar-refractivity contribution in [1.82, 2.24) is 0 Å². The quantitative estimate of drug-likeness (QED) is 0.835. The van der Waals surface area contributed by atoms with Crippen LogP contribution >= 0.6 is 0 Å². The lowest BCUT2D eigenvalue weighted by Crippen LogP contribution is -2.34. The highest BCUT2D eigenvalue weighted by atomic mass is 19.4. The standard InChI is InChI=1S/C17H13F3N2O3/c18-17(19,20)10-3-1-4-11(7-10)21-14-9-15(24)22(16(14)25)12-5-2-6-13(23)8-12/h1-8,14,21,23H,9H2. The molecule has 0 aromatic heterocycles. The first-order chi connectivity index (χ1) is 11.8. The number of hydrogen-bond donors (Lipinski definition) is 2. The largest absolute Gasteiger partial charge is 0.508 e. The Morgan fingerprint density at radius 3 is 2.48 bits per heavy atom. The highest BCUT2D eigenvalue weighted by molar-refractivity contribution is 6.23. The molecule has 0 aliphatic carbocycles. The first-order valence-electron chi connectivity index (χ1n) is 7.35. The fourth-order valence-corrected chi connectivity index (χ4v) is 2.63. The molecule has 0 radical (unpaired) electrons. The summed E-state index contributed by atoms with van der Waals surface area (Å²) < 4.78 is 38.3. The summed E-state index contributed by atoms with van der Waals surface area (Å²) in [6.07, 6.45) is -4.69. The molecule has 1 aliphatic rings. The van der Waals surface area contributed by atoms with Crippen LogP contribution in [0.15, 0.2) is 48.5 Å². The van der Waals surface area contributed by atoms with E-state index in [2.05, 4.69) is 5.32 Å². The van der Waals surface area contributed by atoms with Gasteiger partial charge in [-0.2, -0.15) is 13.2 Å². The third kappa shape index (κ3) is 3.42. The Bertz CT molecular complexity index is 836. The number of phenolic OH excluding ortho intramolecular Hbond substituents is 1. The number of imide groups is 1. The van der Waals surface area contributed by atoms with Gasteiger partial charge in [0.15, 0.2) is 0 Å². The summed E-state index contributed by atoms with van der Waals surface area (Å²) in [7, 11) is 0. The molecule has 0 saturated carbocycles. The smallest absolute Gasteiger partial charge is 0.416 e. The molecule has 1 atom stereocenters. The molecular weight excluding hydrogens is 337 g/mol. The lowest BCUT2D eigenvalue weighted by molar-refractivity contribution is -0.137. The number of benzene rings is 2. The first kappa shape index (κ1) is 16.8. The zero-order valence-corrected chi connectivity index (χ0v) is 12.7. The topological polar surface area (TPSA) is 69.6 Å². The molecule has 2 amide bonds. The van der Waals surface area contributed by atoms with E-state index in [1.165, 1.54) is 36.4 Å². The van der Waals surface area contributed by atoms with Crippen molar-refractivity contribution in [2.75, 3.05) is 10.2 Å². The average Bonchev–Trinajstić information content (AvgIpc) is 2.81. The lowest BCUT2D eigenvalue weighted by atomic mass is 10.1. The maximum Gasteiger partial charge on any atom is 0.416 e. The molecule has 0 spiro atoms. The van der Waals surface area contributed by atoms with Crippen molar-refractivity contribution in [2.45, 2.75) is 18.6 Å². The predicted octanol–water partition coefficient (Wildman–Crippen LogP) is 3.16. The van der Waals surface area contributed by atoms with Crippen molar-refractivity contribution >= 4 is 23.2 Å². The number of aromatic hydroxyl groups is 1. The van der Waals surface area contributed by atoms with E-state index < -0.39 is 29.6 Å². The van der Waals surface area contributed by atoms with Crippen LogP contribution in [0.4, 0.5) is 24.5 Å². The summed E-state index contributed by atoms with van der Waals surface area (Å²) in [5, 5.41) is 12.2. The zero-order valence-electron chi connectivity index (χ0n) is 12.7. The van der Waals surface area contributed by atoms with Crippen molar-refractivity contribution in [1.29, 1.82) is 0 Å². The van der Waals surface area contributed by atoms with Gasteiger partial charge in [0, 0.05) is 11.8 Å². The Morgan fingerprint density at radius 1 is 1.08 bits per heavy atom. The van der Waals surface area contributed by atoms with E-state index in [4.69, 9.17) is 0 Å². The number of hydrogen-bond acceptors (Lipinski definition) is 4. The highest BCUT2D eigenvalue weighted by Crippen LogP contribution is 2.32. The van der Waals surface area contributed by atoms with Crippen LogP contribution in [0.5, 0.6) is 5.75 Å². The van der Waals surface area contributed by atoms with Crippen LogP contribution in [0.2, 0.25) is 0 Å². The van der Waals surface area contributed by atoms with Crippen LogP contribution in [-0.4, -0.2) is 23.0 Å². The number of phenols is 1. The first-order valence-corrected chi connectivity index (χ1v) is 7.35. The Kier molecular flexibility index (Phi) is 4.12. The highest BCUT2D eigenvalue weighted by Gasteiger charge is 2.40. The van der Waals surface area contributed by atoms with Crippen LogP contribution < -0.4 is 10.2 Å². The van der Waals surface area contributed by atoms with Gasteiger partial charge >= 0.3 is 6.18 Å². The van der Waals surface area contributed by atoms with Gasteiger partial charge in [-0.05, 0) is 30.3 Å². The maximum absolute atomic E-state index is 12.8. The molecule has 5 nitrogen and oxygen atoms in total. The van der Waals surface area contributed by atoms with Gasteiger partial charge in [0.05, 0.1) is 17.7 Å². The molecule has 1 unspecified atom stereocenters. The van der Waals surface area contributed by atoms with Crippen LogP contribution in [0.25, 0.3) is 0 Å². The van der Waals surface area contributed by atoms with Crippen LogP contribution in [0, 0.1) is 0 Å². The Hall–Kier alpha value is -3.03. The van der Waals surface area contributed by atoms with Gasteiger partial charge in [-0.15, -0.1) is 0 Å². The van der Waals surface area contributed by atoms with Gasteiger partial charge in [0.2, 0.25) is 5.91 Å². The van der Waals surface area contributed by atoms with E-state index >= 15 is 0 Å². The molecule has 3 rings (SSSR count). The van der Waals surface area contributed by atoms with Gasteiger partial charge in [-0.1, -0.05) is 12.1 Å². The van der Waals surface area contributed by atoms with E-state index in [-0.39, 0.29) is 23.5 Å². The lowest BCUT2D eigenvalue weighted by Gasteiger charge is -2.17. The third-order valence-electron chi connectivity index (χ3n) is 3.77. The summed E-state index contributed by atoms with van der Waals surface area (Å²) in [5.74, 6) is -1.19. The molecule has 1 aliphatic heterocycles. The number of alkyl halides is 3. The molecule has 1 fully saturated rings. The van der Waals surface area contributed by atoms with E-state index in [1.807, 2.05) is 0 Å². The molecule has 8 heteroatoms. The summed E-state index contributed by atoms with van der Waals surface area (Å²) in [5.41, 5.74) is -0.541. The van der Waals surface area contributed by atoms with Gasteiger partial charge in [0.25, 0.3) is 5.91 Å². The minimum Gasteiger partial charge on any atom is -0.508 e. The number of nitrogens with zero attached hydrogens (tertiary/aromatic N) is 1. The van der Waals surface area contributed by atoms with Crippen LogP contribution in [-0.2, 0) is 15.8 Å². The van der Waals surface area contributed by atoms with E-state index in [0.717, 1.165) is 17.0 Å². The van der Waals surface area contributed by atoms with E-state index in [9.17, 15) is 27.9 Å². The zero-order chi connectivity index (χ0) is 18.2. The Labute approximate surface area is 140 Å². The molecule has 1 saturated heterocycles. The van der Waals surface area contributed by atoms with Crippen molar-refractivity contribution in [3.05, 3.63) is 54.1 Å². The van der Waals surface area contributed by atoms with Crippen molar-refractivity contribution in [3.63, 3.8) is 0 Å². The Balaban J connectivity index is 1.81. The number of halogens is 3. The molecule has 2 aromatic rings. The van der Waals surface area contributed by atoms with Gasteiger partial charge in [-0.3, -0.25) is 9.59 Å². The summed E-state index contributed by atoms with van der Waals surface area (Å²) >= 11 is 0. The number of anilines is 2. The van der Waals surface area contributed by atoms with Crippen molar-refractivity contribution < 1.29 is 27.9 Å². The second kappa shape index (κ2) is 6.12. The summed E-state index contributed by atoms with van der Waals surface area (Å²) in [6, 6.07) is 9.08.